The number of carbonyl (C=O) groups is 2. The average Bonchev–Trinajstić information content (AvgIpc) is 3.34. The minimum Gasteiger partial charge on any atom is -0.336 e. The Morgan fingerprint density at radius 1 is 1.25 bits per heavy atom. The van der Waals surface area contributed by atoms with E-state index in [1.54, 1.807) is 11.8 Å². The van der Waals surface area contributed by atoms with Crippen molar-refractivity contribution in [1.82, 2.24) is 10.1 Å². The van der Waals surface area contributed by atoms with Crippen LogP contribution in [-0.2, 0) is 11.2 Å². The molecule has 0 atom stereocenters. The Hall–Kier alpha value is -3.22. The van der Waals surface area contributed by atoms with Gasteiger partial charge < -0.3 is 14.7 Å². The lowest BCUT2D eigenvalue weighted by molar-refractivity contribution is -0.116. The first-order valence-electron chi connectivity index (χ1n) is 9.50. The van der Waals surface area contributed by atoms with Gasteiger partial charge in [-0.1, -0.05) is 5.16 Å². The normalized spacial score (nSPS) is 15.7. The summed E-state index contributed by atoms with van der Waals surface area (Å²) in [6.07, 6.45) is 2.96. The van der Waals surface area contributed by atoms with Crippen molar-refractivity contribution < 1.29 is 14.1 Å². The van der Waals surface area contributed by atoms with E-state index in [4.69, 9.17) is 4.52 Å². The number of aryl methyl sites for hydroxylation is 1. The molecule has 0 spiro atoms. The lowest BCUT2D eigenvalue weighted by atomic mass is 10.1. The average molecular weight is 376 g/mol. The summed E-state index contributed by atoms with van der Waals surface area (Å²) in [6, 6.07) is 7.53. The Kier molecular flexibility index (Phi) is 3.72. The van der Waals surface area contributed by atoms with E-state index >= 15 is 0 Å². The Morgan fingerprint density at radius 3 is 2.82 bits per heavy atom. The fourth-order valence-electron chi connectivity index (χ4n) is 3.89. The first-order valence-corrected chi connectivity index (χ1v) is 9.50. The van der Waals surface area contributed by atoms with Crippen molar-refractivity contribution in [2.24, 2.45) is 0 Å². The maximum Gasteiger partial charge on any atom is 0.259 e. The van der Waals surface area contributed by atoms with Crippen LogP contribution in [-0.4, -0.2) is 28.5 Å². The number of anilines is 2. The molecule has 2 amide bonds. The SMILES string of the molecule is CC(=O)N1CCc2cc(NC(=O)c3cc(C4CC4)nc4onc(C)c34)ccc21. The summed E-state index contributed by atoms with van der Waals surface area (Å²) in [7, 11) is 0. The van der Waals surface area contributed by atoms with Crippen molar-refractivity contribution in [2.75, 3.05) is 16.8 Å². The molecule has 142 valence electrons. The molecular weight excluding hydrogens is 356 g/mol. The van der Waals surface area contributed by atoms with Crippen molar-refractivity contribution in [2.45, 2.75) is 39.0 Å². The molecule has 0 saturated heterocycles. The molecule has 0 unspecified atom stereocenters. The standard InChI is InChI=1S/C21H20N4O3/c1-11-19-16(10-17(13-3-4-13)23-21(19)28-24-11)20(27)22-15-5-6-18-14(9-15)7-8-25(18)12(2)26/h5-6,9-10,13H,3-4,7-8H2,1-2H3,(H,22,27). The Balaban J connectivity index is 1.48. The number of pyridine rings is 1. The third-order valence-corrected chi connectivity index (χ3v) is 5.49. The highest BCUT2D eigenvalue weighted by atomic mass is 16.5. The topological polar surface area (TPSA) is 88.3 Å². The van der Waals surface area contributed by atoms with Crippen LogP contribution in [0.1, 0.15) is 53.0 Å². The van der Waals surface area contributed by atoms with Crippen molar-refractivity contribution in [3.8, 4) is 0 Å². The first-order chi connectivity index (χ1) is 13.5. The Labute approximate surface area is 161 Å². The van der Waals surface area contributed by atoms with Crippen LogP contribution in [0, 0.1) is 6.92 Å². The minimum atomic E-state index is -0.207. The van der Waals surface area contributed by atoms with Crippen LogP contribution >= 0.6 is 0 Å². The van der Waals surface area contributed by atoms with Gasteiger partial charge in [0.2, 0.25) is 5.91 Å². The number of nitrogens with zero attached hydrogens (tertiary/aromatic N) is 3. The molecule has 7 heteroatoms. The molecule has 1 N–H and O–H groups in total. The van der Waals surface area contributed by atoms with Gasteiger partial charge in [0.15, 0.2) is 0 Å². The van der Waals surface area contributed by atoms with E-state index in [1.165, 1.54) is 0 Å². The van der Waals surface area contributed by atoms with Gasteiger partial charge in [-0.25, -0.2) is 4.98 Å². The Morgan fingerprint density at radius 2 is 2.07 bits per heavy atom. The number of aromatic nitrogens is 2. The first kappa shape index (κ1) is 16.9. The number of hydrogen-bond donors (Lipinski definition) is 1. The van der Waals surface area contributed by atoms with E-state index in [-0.39, 0.29) is 11.8 Å². The summed E-state index contributed by atoms with van der Waals surface area (Å²) >= 11 is 0. The smallest absolute Gasteiger partial charge is 0.259 e. The van der Waals surface area contributed by atoms with Crippen LogP contribution in [0.4, 0.5) is 11.4 Å². The van der Waals surface area contributed by atoms with Crippen LogP contribution in [0.2, 0.25) is 0 Å². The molecule has 3 heterocycles. The van der Waals surface area contributed by atoms with Gasteiger partial charge in [-0.15, -0.1) is 0 Å². The molecule has 0 radical (unpaired) electrons. The highest BCUT2D eigenvalue weighted by Gasteiger charge is 2.29. The van der Waals surface area contributed by atoms with Gasteiger partial charge in [0.05, 0.1) is 16.6 Å². The van der Waals surface area contributed by atoms with Crippen LogP contribution < -0.4 is 10.2 Å². The van der Waals surface area contributed by atoms with E-state index in [0.29, 0.717) is 40.5 Å². The summed E-state index contributed by atoms with van der Waals surface area (Å²) in [6.45, 7) is 4.06. The lowest BCUT2D eigenvalue weighted by Crippen LogP contribution is -2.25. The van der Waals surface area contributed by atoms with E-state index < -0.39 is 0 Å². The number of benzene rings is 1. The molecule has 1 aliphatic carbocycles. The molecular formula is C21H20N4O3. The summed E-state index contributed by atoms with van der Waals surface area (Å²) in [5.41, 5.74) is 5.19. The predicted octanol–water partition coefficient (Wildman–Crippen LogP) is 3.57. The molecule has 28 heavy (non-hydrogen) atoms. The van der Waals surface area contributed by atoms with Gasteiger partial charge in [-0.3, -0.25) is 9.59 Å². The zero-order valence-corrected chi connectivity index (χ0v) is 15.8. The van der Waals surface area contributed by atoms with Crippen LogP contribution in [0.5, 0.6) is 0 Å². The molecule has 7 nitrogen and oxygen atoms in total. The van der Waals surface area contributed by atoms with E-state index in [2.05, 4.69) is 15.5 Å². The number of amides is 2. The van der Waals surface area contributed by atoms with E-state index in [1.807, 2.05) is 31.2 Å². The van der Waals surface area contributed by atoms with Gasteiger partial charge in [-0.2, -0.15) is 0 Å². The van der Waals surface area contributed by atoms with E-state index in [0.717, 1.165) is 36.2 Å². The van der Waals surface area contributed by atoms with E-state index in [9.17, 15) is 9.59 Å². The summed E-state index contributed by atoms with van der Waals surface area (Å²) in [5.74, 6) is 0.228. The van der Waals surface area contributed by atoms with Crippen LogP contribution in [0.3, 0.4) is 0 Å². The zero-order valence-electron chi connectivity index (χ0n) is 15.8. The number of fused-ring (bicyclic) bond motifs is 2. The van der Waals surface area contributed by atoms with Gasteiger partial charge in [0.1, 0.15) is 0 Å². The maximum absolute atomic E-state index is 13.1. The number of rotatable bonds is 3. The molecule has 1 aromatic carbocycles. The second-order valence-corrected chi connectivity index (χ2v) is 7.54. The third-order valence-electron chi connectivity index (χ3n) is 5.49. The summed E-state index contributed by atoms with van der Waals surface area (Å²) in [4.78, 5) is 31.1. The highest BCUT2D eigenvalue weighted by molar-refractivity contribution is 6.12. The Bertz CT molecular complexity index is 1130. The molecule has 0 bridgehead atoms. The molecule has 1 saturated carbocycles. The fourth-order valence-corrected chi connectivity index (χ4v) is 3.89. The molecule has 1 fully saturated rings. The van der Waals surface area contributed by atoms with Crippen molar-refractivity contribution >= 4 is 34.3 Å². The lowest BCUT2D eigenvalue weighted by Gasteiger charge is -2.15. The monoisotopic (exact) mass is 376 g/mol. The third kappa shape index (κ3) is 2.74. The van der Waals surface area contributed by atoms with Crippen LogP contribution in [0.25, 0.3) is 11.1 Å². The minimum absolute atomic E-state index is 0.0326. The highest BCUT2D eigenvalue weighted by Crippen LogP contribution is 2.40. The molecule has 3 aromatic rings. The second-order valence-electron chi connectivity index (χ2n) is 7.54. The van der Waals surface area contributed by atoms with Crippen LogP contribution in [0.15, 0.2) is 28.8 Å². The largest absolute Gasteiger partial charge is 0.336 e. The summed E-state index contributed by atoms with van der Waals surface area (Å²) < 4.78 is 5.32. The van der Waals surface area contributed by atoms with Gasteiger partial charge in [-0.05, 0) is 56.0 Å². The van der Waals surface area contributed by atoms with Gasteiger partial charge >= 0.3 is 0 Å². The van der Waals surface area contributed by atoms with Crippen molar-refractivity contribution in [3.63, 3.8) is 0 Å². The summed E-state index contributed by atoms with van der Waals surface area (Å²) in [5, 5.41) is 7.63. The zero-order chi connectivity index (χ0) is 19.4. The molecule has 2 aromatic heterocycles. The second kappa shape index (κ2) is 6.15. The number of carbonyl (C=O) groups excluding carboxylic acids is 2. The fraction of sp³-hybridized carbons (Fsp3) is 0.333. The predicted molar refractivity (Wildman–Crippen MR) is 105 cm³/mol. The number of nitrogens with one attached hydrogen (secondary N) is 1. The number of hydrogen-bond acceptors (Lipinski definition) is 5. The molecule has 2 aliphatic rings. The maximum atomic E-state index is 13.1. The van der Waals surface area contributed by atoms with Crippen molar-refractivity contribution in [3.05, 3.63) is 46.8 Å². The molecule has 1 aliphatic heterocycles. The quantitative estimate of drug-likeness (QED) is 0.755. The molecule has 5 rings (SSSR count). The van der Waals surface area contributed by atoms with Crippen molar-refractivity contribution in [1.29, 1.82) is 0 Å². The van der Waals surface area contributed by atoms with Gasteiger partial charge in [0, 0.05) is 36.5 Å². The van der Waals surface area contributed by atoms with Gasteiger partial charge in [0.25, 0.3) is 11.6 Å².